The van der Waals surface area contributed by atoms with Crippen molar-refractivity contribution in [3.05, 3.63) is 24.4 Å². The van der Waals surface area contributed by atoms with Gasteiger partial charge >= 0.3 is 6.01 Å². The number of fused-ring (bicyclic) bond motifs is 2. The Kier molecular flexibility index (Phi) is 4.05. The topological polar surface area (TPSA) is 69.6 Å². The van der Waals surface area contributed by atoms with E-state index >= 15 is 0 Å². The lowest BCUT2D eigenvalue weighted by Crippen LogP contribution is -2.43. The molecular formula is C17H21FN4O3. The molecule has 0 saturated carbocycles. The third-order valence-corrected chi connectivity index (χ3v) is 5.41. The number of methoxy groups -OCH3 is 2. The molecular weight excluding hydrogens is 327 g/mol. The summed E-state index contributed by atoms with van der Waals surface area (Å²) in [5.41, 5.74) is 0.0523. The summed E-state index contributed by atoms with van der Waals surface area (Å²) in [7, 11) is 3.34. The Morgan fingerprint density at radius 3 is 2.88 bits per heavy atom. The molecule has 25 heavy (non-hydrogen) atoms. The molecule has 0 bridgehead atoms. The Bertz CT molecular complexity index is 786. The maximum Gasteiger partial charge on any atom is 0.317 e. The van der Waals surface area contributed by atoms with Crippen LogP contribution >= 0.6 is 0 Å². The van der Waals surface area contributed by atoms with E-state index in [4.69, 9.17) is 14.2 Å². The van der Waals surface area contributed by atoms with Crippen molar-refractivity contribution in [3.8, 4) is 6.01 Å². The summed E-state index contributed by atoms with van der Waals surface area (Å²) in [6.07, 6.45) is 7.01. The molecule has 0 N–H and O–H groups in total. The molecule has 0 amide bonds. The van der Waals surface area contributed by atoms with Crippen molar-refractivity contribution in [2.75, 3.05) is 33.9 Å². The van der Waals surface area contributed by atoms with E-state index in [0.717, 1.165) is 32.0 Å². The summed E-state index contributed by atoms with van der Waals surface area (Å²) >= 11 is 0. The van der Waals surface area contributed by atoms with E-state index in [2.05, 4.69) is 19.9 Å². The van der Waals surface area contributed by atoms with Crippen LogP contribution in [0.1, 0.15) is 19.3 Å². The largest absolute Gasteiger partial charge is 0.461 e. The Morgan fingerprint density at radius 1 is 1.24 bits per heavy atom. The third kappa shape index (κ3) is 2.74. The normalized spacial score (nSPS) is 25.4. The standard InChI is InChI=1S/C17H21FN4O3/c1-23-17(24-2)9-16(4-3-5-22(16)10-17)11-25-15-20-7-12-6-19-8-13(18)14(12)21-15/h6-8H,3-5,9-11H2,1-2H3. The molecule has 2 fully saturated rings. The van der Waals surface area contributed by atoms with Crippen LogP contribution in [-0.2, 0) is 9.47 Å². The minimum Gasteiger partial charge on any atom is -0.461 e. The number of pyridine rings is 1. The van der Waals surface area contributed by atoms with Crippen LogP contribution in [0, 0.1) is 5.82 Å². The molecule has 2 aliphatic rings. The average Bonchev–Trinajstić information content (AvgIpc) is 3.15. The van der Waals surface area contributed by atoms with E-state index in [1.165, 1.54) is 12.4 Å². The van der Waals surface area contributed by atoms with Gasteiger partial charge in [-0.3, -0.25) is 9.88 Å². The lowest BCUT2D eigenvalue weighted by Gasteiger charge is -2.31. The van der Waals surface area contributed by atoms with Gasteiger partial charge in [0, 0.05) is 38.4 Å². The van der Waals surface area contributed by atoms with E-state index in [1.807, 2.05) is 0 Å². The molecule has 2 saturated heterocycles. The van der Waals surface area contributed by atoms with Crippen molar-refractivity contribution in [2.45, 2.75) is 30.6 Å². The fraction of sp³-hybridized carbons (Fsp3) is 0.588. The summed E-state index contributed by atoms with van der Waals surface area (Å²) < 4.78 is 31.0. The second-order valence-electron chi connectivity index (χ2n) is 6.75. The molecule has 4 heterocycles. The van der Waals surface area contributed by atoms with Gasteiger partial charge in [0.05, 0.1) is 18.3 Å². The Balaban J connectivity index is 1.55. The number of halogens is 1. The lowest BCUT2D eigenvalue weighted by atomic mass is 9.93. The number of hydrogen-bond acceptors (Lipinski definition) is 7. The quantitative estimate of drug-likeness (QED) is 0.763. The molecule has 0 radical (unpaired) electrons. The molecule has 8 heteroatoms. The van der Waals surface area contributed by atoms with E-state index < -0.39 is 11.6 Å². The summed E-state index contributed by atoms with van der Waals surface area (Å²) in [6, 6.07) is 0.172. The Morgan fingerprint density at radius 2 is 2.08 bits per heavy atom. The lowest BCUT2D eigenvalue weighted by molar-refractivity contribution is -0.198. The first kappa shape index (κ1) is 16.6. The van der Waals surface area contributed by atoms with Crippen LogP contribution in [0.4, 0.5) is 4.39 Å². The van der Waals surface area contributed by atoms with Crippen LogP contribution in [0.15, 0.2) is 18.6 Å². The molecule has 0 spiro atoms. The van der Waals surface area contributed by atoms with Crippen molar-refractivity contribution in [3.63, 3.8) is 0 Å². The molecule has 2 aromatic rings. The number of aromatic nitrogens is 3. The summed E-state index contributed by atoms with van der Waals surface area (Å²) in [5.74, 6) is -1.09. The van der Waals surface area contributed by atoms with Crippen molar-refractivity contribution in [1.82, 2.24) is 19.9 Å². The maximum atomic E-state index is 13.9. The number of hydrogen-bond donors (Lipinski definition) is 0. The SMILES string of the molecule is COC1(OC)CN2CCCC2(COc2ncc3cncc(F)c3n2)C1. The molecule has 134 valence electrons. The van der Waals surface area contributed by atoms with E-state index in [-0.39, 0.29) is 17.1 Å². The minimum atomic E-state index is -0.605. The first-order valence-electron chi connectivity index (χ1n) is 8.34. The molecule has 0 aromatic carbocycles. The van der Waals surface area contributed by atoms with Gasteiger partial charge in [0.2, 0.25) is 0 Å². The highest BCUT2D eigenvalue weighted by atomic mass is 19.1. The van der Waals surface area contributed by atoms with Crippen LogP contribution in [0.25, 0.3) is 10.9 Å². The molecule has 1 atom stereocenters. The van der Waals surface area contributed by atoms with Crippen molar-refractivity contribution in [2.24, 2.45) is 0 Å². The van der Waals surface area contributed by atoms with Gasteiger partial charge in [-0.1, -0.05) is 0 Å². The van der Waals surface area contributed by atoms with Gasteiger partial charge in [-0.2, -0.15) is 4.98 Å². The van der Waals surface area contributed by atoms with Crippen molar-refractivity contribution >= 4 is 10.9 Å². The minimum absolute atomic E-state index is 0.166. The molecule has 1 unspecified atom stereocenters. The van der Waals surface area contributed by atoms with Gasteiger partial charge in [-0.05, 0) is 19.4 Å². The average molecular weight is 348 g/mol. The van der Waals surface area contributed by atoms with Gasteiger partial charge in [0.1, 0.15) is 12.1 Å². The molecule has 4 rings (SSSR count). The molecule has 2 aromatic heterocycles. The van der Waals surface area contributed by atoms with E-state index in [9.17, 15) is 4.39 Å². The van der Waals surface area contributed by atoms with Crippen molar-refractivity contribution in [1.29, 1.82) is 0 Å². The predicted molar refractivity (Wildman–Crippen MR) is 87.7 cm³/mol. The van der Waals surface area contributed by atoms with Crippen LogP contribution in [0.3, 0.4) is 0 Å². The third-order valence-electron chi connectivity index (χ3n) is 5.41. The zero-order chi connectivity index (χ0) is 17.5. The Labute approximate surface area is 145 Å². The smallest absolute Gasteiger partial charge is 0.317 e. The van der Waals surface area contributed by atoms with Gasteiger partial charge in [-0.15, -0.1) is 0 Å². The fourth-order valence-corrected chi connectivity index (χ4v) is 4.03. The van der Waals surface area contributed by atoms with E-state index in [0.29, 0.717) is 18.5 Å². The predicted octanol–water partition coefficient (Wildman–Crippen LogP) is 1.77. The second-order valence-corrected chi connectivity index (χ2v) is 6.75. The first-order chi connectivity index (χ1) is 12.1. The van der Waals surface area contributed by atoms with Gasteiger partial charge in [-0.25, -0.2) is 9.37 Å². The summed E-state index contributed by atoms with van der Waals surface area (Å²) in [4.78, 5) is 14.5. The highest BCUT2D eigenvalue weighted by Gasteiger charge is 2.56. The highest BCUT2D eigenvalue weighted by molar-refractivity contribution is 5.77. The summed E-state index contributed by atoms with van der Waals surface area (Å²) in [6.45, 7) is 2.11. The van der Waals surface area contributed by atoms with Crippen molar-refractivity contribution < 1.29 is 18.6 Å². The van der Waals surface area contributed by atoms with Crippen LogP contribution in [0.5, 0.6) is 6.01 Å². The Hall–Kier alpha value is -1.90. The number of rotatable bonds is 5. The molecule has 0 aliphatic carbocycles. The van der Waals surface area contributed by atoms with Crippen LogP contribution in [0.2, 0.25) is 0 Å². The van der Waals surface area contributed by atoms with Gasteiger partial charge < -0.3 is 14.2 Å². The van der Waals surface area contributed by atoms with Gasteiger partial charge in [0.15, 0.2) is 11.6 Å². The zero-order valence-electron chi connectivity index (χ0n) is 14.4. The summed E-state index contributed by atoms with van der Waals surface area (Å²) in [5, 5.41) is 0.548. The maximum absolute atomic E-state index is 13.9. The number of nitrogens with zero attached hydrogens (tertiary/aromatic N) is 4. The molecule has 7 nitrogen and oxygen atoms in total. The first-order valence-corrected chi connectivity index (χ1v) is 8.34. The highest BCUT2D eigenvalue weighted by Crippen LogP contribution is 2.45. The monoisotopic (exact) mass is 348 g/mol. The van der Waals surface area contributed by atoms with Gasteiger partial charge in [0.25, 0.3) is 0 Å². The number of ether oxygens (including phenoxy) is 3. The zero-order valence-corrected chi connectivity index (χ0v) is 14.4. The van der Waals surface area contributed by atoms with E-state index in [1.54, 1.807) is 14.2 Å². The van der Waals surface area contributed by atoms with Crippen LogP contribution < -0.4 is 4.74 Å². The fourth-order valence-electron chi connectivity index (χ4n) is 4.03. The second kappa shape index (κ2) is 6.12. The molecule has 2 aliphatic heterocycles. The van der Waals surface area contributed by atoms with Crippen LogP contribution in [-0.4, -0.2) is 65.1 Å².